The molecule has 0 spiro atoms. The summed E-state index contributed by atoms with van der Waals surface area (Å²) >= 11 is 0. The fourth-order valence-electron chi connectivity index (χ4n) is 3.18. The van der Waals surface area contributed by atoms with Gasteiger partial charge in [-0.3, -0.25) is 9.59 Å². The minimum atomic E-state index is -0.0956. The molecule has 28 heavy (non-hydrogen) atoms. The van der Waals surface area contributed by atoms with Crippen molar-refractivity contribution in [2.75, 3.05) is 16.8 Å². The number of hydrogen-bond donors (Lipinski definition) is 1. The summed E-state index contributed by atoms with van der Waals surface area (Å²) in [6, 6.07) is 15.8. The third-order valence-corrected chi connectivity index (χ3v) is 4.82. The summed E-state index contributed by atoms with van der Waals surface area (Å²) in [5.74, 6) is 0.274. The molecule has 0 aromatic heterocycles. The van der Waals surface area contributed by atoms with Crippen LogP contribution in [0.1, 0.15) is 65.0 Å². The highest BCUT2D eigenvalue weighted by Gasteiger charge is 2.19. The first-order valence-corrected chi connectivity index (χ1v) is 9.87. The van der Waals surface area contributed by atoms with Gasteiger partial charge in [0.1, 0.15) is 0 Å². The fraction of sp³-hybridized carbons (Fsp3) is 0.417. The second kappa shape index (κ2) is 9.05. The zero-order valence-corrected chi connectivity index (χ0v) is 17.9. The topological polar surface area (TPSA) is 49.4 Å². The maximum absolute atomic E-state index is 12.5. The molecular formula is C24H32N2O2. The Hall–Kier alpha value is -2.62. The summed E-state index contributed by atoms with van der Waals surface area (Å²) in [4.78, 5) is 26.3. The number of carbonyl (C=O) groups is 2. The second-order valence-corrected chi connectivity index (χ2v) is 8.51. The van der Waals surface area contributed by atoms with E-state index in [1.54, 1.807) is 4.90 Å². The third kappa shape index (κ3) is 5.69. The lowest BCUT2D eigenvalue weighted by molar-refractivity contribution is -0.117. The standard InChI is InChI=1S/C24H32N2O2/c1-17(2)19-11-13-20(14-12-19)26(18(3)27)16-15-23(28)25-22-10-8-7-9-21(22)24(4,5)6/h7-14,17H,15-16H2,1-6H3,(H,25,28). The van der Waals surface area contributed by atoms with Crippen LogP contribution in [0.15, 0.2) is 48.5 Å². The van der Waals surface area contributed by atoms with Crippen LogP contribution in [-0.4, -0.2) is 18.4 Å². The Labute approximate surface area is 169 Å². The molecule has 0 saturated carbocycles. The quantitative estimate of drug-likeness (QED) is 0.720. The summed E-state index contributed by atoms with van der Waals surface area (Å²) in [5.41, 5.74) is 3.91. The molecule has 0 aliphatic carbocycles. The van der Waals surface area contributed by atoms with Crippen molar-refractivity contribution in [3.8, 4) is 0 Å². The van der Waals surface area contributed by atoms with Gasteiger partial charge in [0.15, 0.2) is 0 Å². The largest absolute Gasteiger partial charge is 0.326 e. The monoisotopic (exact) mass is 380 g/mol. The molecule has 0 fully saturated rings. The van der Waals surface area contributed by atoms with E-state index >= 15 is 0 Å². The van der Waals surface area contributed by atoms with E-state index in [1.165, 1.54) is 12.5 Å². The number of para-hydroxylation sites is 1. The van der Waals surface area contributed by atoms with Crippen LogP contribution in [0.25, 0.3) is 0 Å². The van der Waals surface area contributed by atoms with Crippen molar-refractivity contribution in [3.63, 3.8) is 0 Å². The Balaban J connectivity index is 2.06. The van der Waals surface area contributed by atoms with Crippen LogP contribution in [0.5, 0.6) is 0 Å². The van der Waals surface area contributed by atoms with E-state index in [1.807, 2.05) is 48.5 Å². The highest BCUT2D eigenvalue weighted by atomic mass is 16.2. The second-order valence-electron chi connectivity index (χ2n) is 8.51. The average molecular weight is 381 g/mol. The predicted octanol–water partition coefficient (Wildman–Crippen LogP) is 5.49. The van der Waals surface area contributed by atoms with Crippen molar-refractivity contribution in [2.45, 2.75) is 59.3 Å². The lowest BCUT2D eigenvalue weighted by Crippen LogP contribution is -2.32. The van der Waals surface area contributed by atoms with Gasteiger partial charge in [-0.05, 0) is 40.7 Å². The number of nitrogens with one attached hydrogen (secondary N) is 1. The summed E-state index contributed by atoms with van der Waals surface area (Å²) in [6.45, 7) is 12.5. The van der Waals surface area contributed by atoms with Crippen molar-refractivity contribution in [2.24, 2.45) is 0 Å². The van der Waals surface area contributed by atoms with E-state index in [0.29, 0.717) is 12.5 Å². The number of benzene rings is 2. The van der Waals surface area contributed by atoms with Crippen LogP contribution in [0, 0.1) is 0 Å². The molecule has 0 aliphatic heterocycles. The molecule has 2 aromatic rings. The highest BCUT2D eigenvalue weighted by Crippen LogP contribution is 2.29. The Morgan fingerprint density at radius 1 is 1.00 bits per heavy atom. The summed E-state index contributed by atoms with van der Waals surface area (Å²) in [7, 11) is 0. The summed E-state index contributed by atoms with van der Waals surface area (Å²) in [5, 5.41) is 3.01. The molecule has 4 nitrogen and oxygen atoms in total. The maximum atomic E-state index is 12.5. The van der Waals surface area contributed by atoms with Crippen molar-refractivity contribution in [1.29, 1.82) is 0 Å². The Bertz CT molecular complexity index is 817. The van der Waals surface area contributed by atoms with Gasteiger partial charge >= 0.3 is 0 Å². The van der Waals surface area contributed by atoms with Gasteiger partial charge in [-0.25, -0.2) is 0 Å². The van der Waals surface area contributed by atoms with Gasteiger partial charge in [0, 0.05) is 31.3 Å². The van der Waals surface area contributed by atoms with E-state index in [9.17, 15) is 9.59 Å². The molecule has 4 heteroatoms. The van der Waals surface area contributed by atoms with Gasteiger partial charge in [-0.1, -0.05) is 65.0 Å². The minimum Gasteiger partial charge on any atom is -0.326 e. The fourth-order valence-corrected chi connectivity index (χ4v) is 3.18. The average Bonchev–Trinajstić information content (AvgIpc) is 2.61. The summed E-state index contributed by atoms with van der Waals surface area (Å²) in [6.07, 6.45) is 0.240. The third-order valence-electron chi connectivity index (χ3n) is 4.82. The molecule has 0 bridgehead atoms. The lowest BCUT2D eigenvalue weighted by Gasteiger charge is -2.24. The molecule has 1 N–H and O–H groups in total. The Kier molecular flexibility index (Phi) is 7.00. The van der Waals surface area contributed by atoms with Gasteiger partial charge in [0.25, 0.3) is 0 Å². The molecule has 2 aromatic carbocycles. The number of hydrogen-bond acceptors (Lipinski definition) is 2. The van der Waals surface area contributed by atoms with Crippen LogP contribution in [0.3, 0.4) is 0 Å². The van der Waals surface area contributed by atoms with Crippen molar-refractivity contribution in [3.05, 3.63) is 59.7 Å². The normalized spacial score (nSPS) is 11.4. The number of nitrogens with zero attached hydrogens (tertiary/aromatic N) is 1. The molecule has 0 heterocycles. The lowest BCUT2D eigenvalue weighted by atomic mass is 9.86. The van der Waals surface area contributed by atoms with E-state index in [4.69, 9.17) is 0 Å². The van der Waals surface area contributed by atoms with Gasteiger partial charge < -0.3 is 10.2 Å². The zero-order chi connectivity index (χ0) is 20.9. The van der Waals surface area contributed by atoms with Gasteiger partial charge in [-0.15, -0.1) is 0 Å². The zero-order valence-electron chi connectivity index (χ0n) is 17.9. The van der Waals surface area contributed by atoms with Crippen molar-refractivity contribution in [1.82, 2.24) is 0 Å². The molecule has 2 amide bonds. The first-order chi connectivity index (χ1) is 13.1. The first-order valence-electron chi connectivity index (χ1n) is 9.87. The van der Waals surface area contributed by atoms with E-state index in [0.717, 1.165) is 16.9 Å². The number of amides is 2. The van der Waals surface area contributed by atoms with Crippen LogP contribution in [0.2, 0.25) is 0 Å². The van der Waals surface area contributed by atoms with Crippen molar-refractivity contribution < 1.29 is 9.59 Å². The molecule has 0 radical (unpaired) electrons. The molecule has 0 aliphatic rings. The SMILES string of the molecule is CC(=O)N(CCC(=O)Nc1ccccc1C(C)(C)C)c1ccc(C(C)C)cc1. The van der Waals surface area contributed by atoms with Crippen LogP contribution in [0.4, 0.5) is 11.4 Å². The van der Waals surface area contributed by atoms with Gasteiger partial charge in [0.2, 0.25) is 11.8 Å². The molecule has 150 valence electrons. The smallest absolute Gasteiger partial charge is 0.226 e. The Morgan fingerprint density at radius 3 is 2.14 bits per heavy atom. The predicted molar refractivity (Wildman–Crippen MR) is 117 cm³/mol. The Morgan fingerprint density at radius 2 is 1.61 bits per heavy atom. The number of carbonyl (C=O) groups excluding carboxylic acids is 2. The molecular weight excluding hydrogens is 348 g/mol. The van der Waals surface area contributed by atoms with Gasteiger partial charge in [-0.2, -0.15) is 0 Å². The summed E-state index contributed by atoms with van der Waals surface area (Å²) < 4.78 is 0. The first kappa shape index (κ1) is 21.7. The highest BCUT2D eigenvalue weighted by molar-refractivity contribution is 5.95. The molecule has 0 unspecified atom stereocenters. The number of rotatable bonds is 6. The maximum Gasteiger partial charge on any atom is 0.226 e. The van der Waals surface area contributed by atoms with Crippen LogP contribution < -0.4 is 10.2 Å². The van der Waals surface area contributed by atoms with Crippen LogP contribution in [-0.2, 0) is 15.0 Å². The van der Waals surface area contributed by atoms with Crippen molar-refractivity contribution >= 4 is 23.2 Å². The minimum absolute atomic E-state index is 0.0620. The molecule has 2 rings (SSSR count). The van der Waals surface area contributed by atoms with E-state index in [2.05, 4.69) is 39.9 Å². The van der Waals surface area contributed by atoms with Gasteiger partial charge in [0.05, 0.1) is 0 Å². The number of anilines is 2. The van der Waals surface area contributed by atoms with E-state index < -0.39 is 0 Å². The van der Waals surface area contributed by atoms with Crippen LogP contribution >= 0.6 is 0 Å². The molecule has 0 atom stereocenters. The molecule has 0 saturated heterocycles. The van der Waals surface area contributed by atoms with E-state index in [-0.39, 0.29) is 23.7 Å².